The van der Waals surface area contributed by atoms with Gasteiger partial charge in [-0.25, -0.2) is 4.98 Å². The predicted octanol–water partition coefficient (Wildman–Crippen LogP) is 4.06. The molecule has 1 aliphatic rings. The van der Waals surface area contributed by atoms with Gasteiger partial charge in [-0.15, -0.1) is 11.3 Å². The summed E-state index contributed by atoms with van der Waals surface area (Å²) in [4.78, 5) is 24.6. The summed E-state index contributed by atoms with van der Waals surface area (Å²) in [6.07, 6.45) is 0.322. The van der Waals surface area contributed by atoms with Gasteiger partial charge in [0.05, 0.1) is 35.3 Å². The number of amides is 1. The number of hydrogen-bond donors (Lipinski definition) is 0. The lowest BCUT2D eigenvalue weighted by molar-refractivity contribution is -0.124. The van der Waals surface area contributed by atoms with Crippen LogP contribution in [-0.2, 0) is 11.3 Å². The molecule has 0 spiro atoms. The van der Waals surface area contributed by atoms with E-state index in [9.17, 15) is 4.79 Å². The minimum Gasteiger partial charge on any atom is -0.310 e. The smallest absolute Gasteiger partial charge is 0.244 e. The number of aromatic nitrogens is 1. The minimum absolute atomic E-state index is 0.0590. The number of para-hydroxylation sites is 1. The Hall–Kier alpha value is -2.79. The molecule has 1 fully saturated rings. The largest absolute Gasteiger partial charge is 0.310 e. The number of hydrogen-bond acceptors (Lipinski definition) is 6. The normalized spacial score (nSPS) is 16.0. The summed E-state index contributed by atoms with van der Waals surface area (Å²) in [6, 6.07) is 18.2. The molecule has 2 aromatic carbocycles. The van der Waals surface area contributed by atoms with Crippen LogP contribution >= 0.6 is 11.3 Å². The number of piperazine rings is 1. The Morgan fingerprint density at radius 3 is 2.56 bits per heavy atom. The predicted molar refractivity (Wildman–Crippen MR) is 130 cm³/mol. The number of carbonyl (C=O) groups is 1. The first-order valence-corrected chi connectivity index (χ1v) is 11.9. The highest BCUT2D eigenvalue weighted by atomic mass is 32.1. The summed E-state index contributed by atoms with van der Waals surface area (Å²) in [5, 5.41) is 10.2. The standard InChI is InChI=1S/C25H29N5OS/c1-19-8-10-21(11-9-19)30(13-5-12-26)25(31)20(2)29-16-14-28(15-17-29)18-24-27-22-6-3-4-7-23(22)32-24/h3-4,6-11,20H,5,13-18H2,1-2H3. The highest BCUT2D eigenvalue weighted by Gasteiger charge is 2.29. The van der Waals surface area contributed by atoms with E-state index in [2.05, 4.69) is 34.1 Å². The molecule has 3 aromatic rings. The first kappa shape index (κ1) is 22.4. The van der Waals surface area contributed by atoms with Crippen LogP contribution in [0.1, 0.15) is 23.9 Å². The fourth-order valence-corrected chi connectivity index (χ4v) is 5.13. The molecule has 0 saturated carbocycles. The summed E-state index contributed by atoms with van der Waals surface area (Å²) in [7, 11) is 0. The van der Waals surface area contributed by atoms with E-state index in [1.54, 1.807) is 16.2 Å². The molecule has 166 valence electrons. The van der Waals surface area contributed by atoms with Crippen molar-refractivity contribution in [3.8, 4) is 6.07 Å². The van der Waals surface area contributed by atoms with Gasteiger partial charge in [-0.2, -0.15) is 5.26 Å². The van der Waals surface area contributed by atoms with Crippen molar-refractivity contribution in [1.82, 2.24) is 14.8 Å². The fraction of sp³-hybridized carbons (Fsp3) is 0.400. The Bertz CT molecular complexity index is 1060. The number of rotatable bonds is 7. The average Bonchev–Trinajstić information content (AvgIpc) is 3.22. The summed E-state index contributed by atoms with van der Waals surface area (Å²) in [5.41, 5.74) is 3.08. The first-order chi connectivity index (χ1) is 15.5. The van der Waals surface area contributed by atoms with Crippen LogP contribution in [0.3, 0.4) is 0 Å². The lowest BCUT2D eigenvalue weighted by atomic mass is 10.1. The molecule has 0 aliphatic carbocycles. The van der Waals surface area contributed by atoms with Crippen molar-refractivity contribution in [2.75, 3.05) is 37.6 Å². The Kier molecular flexibility index (Phi) is 7.15. The Morgan fingerprint density at radius 1 is 1.16 bits per heavy atom. The molecule has 0 bridgehead atoms. The Morgan fingerprint density at radius 2 is 1.88 bits per heavy atom. The SMILES string of the molecule is Cc1ccc(N(CCC#N)C(=O)C(C)N2CCN(Cc3nc4ccccc4s3)CC2)cc1. The van der Waals surface area contributed by atoms with Crippen molar-refractivity contribution in [2.24, 2.45) is 0 Å². The second-order valence-electron chi connectivity index (χ2n) is 8.30. The van der Waals surface area contributed by atoms with Gasteiger partial charge in [-0.05, 0) is 38.1 Å². The van der Waals surface area contributed by atoms with Crippen molar-refractivity contribution < 1.29 is 4.79 Å². The molecule has 0 radical (unpaired) electrons. The number of carbonyl (C=O) groups excluding carboxylic acids is 1. The van der Waals surface area contributed by atoms with Crippen LogP contribution < -0.4 is 4.90 Å². The third-order valence-electron chi connectivity index (χ3n) is 6.07. The lowest BCUT2D eigenvalue weighted by Crippen LogP contribution is -2.54. The van der Waals surface area contributed by atoms with Crippen LogP contribution in [0, 0.1) is 18.3 Å². The van der Waals surface area contributed by atoms with Gasteiger partial charge < -0.3 is 4.90 Å². The number of fused-ring (bicyclic) bond motifs is 1. The van der Waals surface area contributed by atoms with E-state index in [1.165, 1.54) is 4.70 Å². The molecule has 1 amide bonds. The van der Waals surface area contributed by atoms with Gasteiger partial charge in [-0.1, -0.05) is 29.8 Å². The van der Waals surface area contributed by atoms with Gasteiger partial charge >= 0.3 is 0 Å². The molecular weight excluding hydrogens is 418 g/mol. The van der Waals surface area contributed by atoms with E-state index in [0.29, 0.717) is 13.0 Å². The molecule has 4 rings (SSSR count). The zero-order valence-electron chi connectivity index (χ0n) is 18.7. The average molecular weight is 448 g/mol. The number of nitrogens with zero attached hydrogens (tertiary/aromatic N) is 5. The lowest BCUT2D eigenvalue weighted by Gasteiger charge is -2.38. The quantitative estimate of drug-likeness (QED) is 0.547. The third-order valence-corrected chi connectivity index (χ3v) is 7.09. The molecule has 1 aromatic heterocycles. The zero-order chi connectivity index (χ0) is 22.5. The van der Waals surface area contributed by atoms with Gasteiger partial charge in [-0.3, -0.25) is 14.6 Å². The molecule has 32 heavy (non-hydrogen) atoms. The second-order valence-corrected chi connectivity index (χ2v) is 9.41. The molecule has 1 atom stereocenters. The maximum absolute atomic E-state index is 13.4. The van der Waals surface area contributed by atoms with Gasteiger partial charge in [0.15, 0.2) is 0 Å². The van der Waals surface area contributed by atoms with E-state index in [-0.39, 0.29) is 11.9 Å². The molecule has 0 N–H and O–H groups in total. The molecule has 1 unspecified atom stereocenters. The van der Waals surface area contributed by atoms with E-state index in [0.717, 1.165) is 54.5 Å². The van der Waals surface area contributed by atoms with Crippen molar-refractivity contribution in [1.29, 1.82) is 5.26 Å². The van der Waals surface area contributed by atoms with Crippen LogP contribution in [0.5, 0.6) is 0 Å². The van der Waals surface area contributed by atoms with Crippen molar-refractivity contribution >= 4 is 33.1 Å². The summed E-state index contributed by atoms with van der Waals surface area (Å²) < 4.78 is 1.23. The zero-order valence-corrected chi connectivity index (χ0v) is 19.5. The van der Waals surface area contributed by atoms with E-state index < -0.39 is 0 Å². The molecule has 7 heteroatoms. The monoisotopic (exact) mass is 447 g/mol. The van der Waals surface area contributed by atoms with Crippen molar-refractivity contribution in [2.45, 2.75) is 32.9 Å². The van der Waals surface area contributed by atoms with Crippen LogP contribution in [0.15, 0.2) is 48.5 Å². The topological polar surface area (TPSA) is 63.5 Å². The molecule has 1 aliphatic heterocycles. The maximum atomic E-state index is 13.4. The van der Waals surface area contributed by atoms with Crippen LogP contribution in [0.4, 0.5) is 5.69 Å². The molecule has 1 saturated heterocycles. The minimum atomic E-state index is -0.223. The van der Waals surface area contributed by atoms with Gasteiger partial charge in [0.25, 0.3) is 0 Å². The highest BCUT2D eigenvalue weighted by molar-refractivity contribution is 7.18. The number of anilines is 1. The maximum Gasteiger partial charge on any atom is 0.244 e. The molecule has 6 nitrogen and oxygen atoms in total. The number of aryl methyl sites for hydroxylation is 1. The van der Waals surface area contributed by atoms with Crippen LogP contribution in [0.25, 0.3) is 10.2 Å². The summed E-state index contributed by atoms with van der Waals surface area (Å²) in [5.74, 6) is 0.0590. The second kappa shape index (κ2) is 10.2. The Balaban J connectivity index is 1.36. The van der Waals surface area contributed by atoms with Gasteiger partial charge in [0.1, 0.15) is 5.01 Å². The van der Waals surface area contributed by atoms with Crippen LogP contribution in [0.2, 0.25) is 0 Å². The van der Waals surface area contributed by atoms with Crippen molar-refractivity contribution in [3.63, 3.8) is 0 Å². The van der Waals surface area contributed by atoms with E-state index >= 15 is 0 Å². The van der Waals surface area contributed by atoms with Gasteiger partial charge in [0, 0.05) is 38.4 Å². The first-order valence-electron chi connectivity index (χ1n) is 11.1. The Labute approximate surface area is 193 Å². The van der Waals surface area contributed by atoms with Gasteiger partial charge in [0.2, 0.25) is 5.91 Å². The van der Waals surface area contributed by atoms with Crippen molar-refractivity contribution in [3.05, 3.63) is 59.1 Å². The van der Waals surface area contributed by atoms with Crippen LogP contribution in [-0.4, -0.2) is 59.5 Å². The summed E-state index contributed by atoms with van der Waals surface area (Å²) >= 11 is 1.76. The number of benzene rings is 2. The fourth-order valence-electron chi connectivity index (χ4n) is 4.12. The van der Waals surface area contributed by atoms with E-state index in [4.69, 9.17) is 10.2 Å². The molecule has 2 heterocycles. The number of thiazole rings is 1. The van der Waals surface area contributed by atoms with E-state index in [1.807, 2.05) is 44.2 Å². The summed E-state index contributed by atoms with van der Waals surface area (Å²) in [6.45, 7) is 8.80. The highest BCUT2D eigenvalue weighted by Crippen LogP contribution is 2.24. The molecular formula is C25H29N5OS. The number of nitriles is 1. The third kappa shape index (κ3) is 5.16.